The van der Waals surface area contributed by atoms with Crippen molar-refractivity contribution in [2.24, 2.45) is 0 Å². The summed E-state index contributed by atoms with van der Waals surface area (Å²) in [5, 5.41) is 0. The molecule has 66 valence electrons. The van der Waals surface area contributed by atoms with Crippen LogP contribution in [0, 0.1) is 0 Å². The van der Waals surface area contributed by atoms with E-state index in [0.717, 1.165) is 0 Å². The SMILES string of the molecule is FC(F)C(O[SiH3])c1ccccc1. The fourth-order valence-electron chi connectivity index (χ4n) is 1.03. The zero-order valence-electron chi connectivity index (χ0n) is 6.71. The van der Waals surface area contributed by atoms with E-state index < -0.39 is 12.5 Å². The van der Waals surface area contributed by atoms with E-state index in [1.165, 1.54) is 0 Å². The zero-order chi connectivity index (χ0) is 8.97. The van der Waals surface area contributed by atoms with Gasteiger partial charge in [0.1, 0.15) is 16.6 Å². The van der Waals surface area contributed by atoms with Crippen molar-refractivity contribution in [3.63, 3.8) is 0 Å². The average molecular weight is 188 g/mol. The first-order valence-corrected chi connectivity index (χ1v) is 4.43. The Morgan fingerprint density at radius 2 is 1.75 bits per heavy atom. The molecule has 0 bridgehead atoms. The van der Waals surface area contributed by atoms with Crippen LogP contribution in [0.2, 0.25) is 0 Å². The van der Waals surface area contributed by atoms with Gasteiger partial charge in [0.05, 0.1) is 0 Å². The minimum atomic E-state index is -2.44. The van der Waals surface area contributed by atoms with E-state index in [9.17, 15) is 8.78 Å². The van der Waals surface area contributed by atoms with Crippen LogP contribution in [0.15, 0.2) is 30.3 Å². The van der Waals surface area contributed by atoms with Crippen molar-refractivity contribution in [2.45, 2.75) is 12.5 Å². The van der Waals surface area contributed by atoms with Crippen molar-refractivity contribution >= 4 is 10.5 Å². The Bertz CT molecular complexity index is 228. The molecule has 1 rings (SSSR count). The highest BCUT2D eigenvalue weighted by atomic mass is 28.2. The lowest BCUT2D eigenvalue weighted by molar-refractivity contribution is 0.0152. The number of rotatable bonds is 3. The third-order valence-corrected chi connectivity index (χ3v) is 2.12. The quantitative estimate of drug-likeness (QED) is 0.649. The molecule has 1 nitrogen and oxygen atoms in total. The summed E-state index contributed by atoms with van der Waals surface area (Å²) in [7, 11) is 0.325. The van der Waals surface area contributed by atoms with Crippen molar-refractivity contribution in [2.75, 3.05) is 0 Å². The molecule has 4 heteroatoms. The predicted molar refractivity (Wildman–Crippen MR) is 46.2 cm³/mol. The zero-order valence-corrected chi connectivity index (χ0v) is 8.71. The second-order valence-electron chi connectivity index (χ2n) is 2.40. The van der Waals surface area contributed by atoms with Crippen LogP contribution in [0.3, 0.4) is 0 Å². The molecule has 0 aromatic heterocycles. The van der Waals surface area contributed by atoms with Gasteiger partial charge in [0.15, 0.2) is 0 Å². The Labute approximate surface area is 72.9 Å². The molecule has 0 spiro atoms. The largest absolute Gasteiger partial charge is 0.416 e. The summed E-state index contributed by atoms with van der Waals surface area (Å²) in [5.74, 6) is 0. The lowest BCUT2D eigenvalue weighted by atomic mass is 10.1. The standard InChI is InChI=1S/C8H10F2OSi/c9-8(10)7(11-12)6-4-2-1-3-5-6/h1-5,7-8H,12H3. The summed E-state index contributed by atoms with van der Waals surface area (Å²) in [4.78, 5) is 0. The van der Waals surface area contributed by atoms with Gasteiger partial charge in [-0.1, -0.05) is 30.3 Å². The lowest BCUT2D eigenvalue weighted by Crippen LogP contribution is -2.11. The topological polar surface area (TPSA) is 9.23 Å². The van der Waals surface area contributed by atoms with Gasteiger partial charge in [-0.3, -0.25) is 0 Å². The number of hydrogen-bond donors (Lipinski definition) is 0. The van der Waals surface area contributed by atoms with Crippen molar-refractivity contribution in [3.8, 4) is 0 Å². The average Bonchev–Trinajstić information content (AvgIpc) is 2.07. The maximum Gasteiger partial charge on any atom is 0.267 e. The van der Waals surface area contributed by atoms with E-state index in [-0.39, 0.29) is 0 Å². The first-order valence-electron chi connectivity index (χ1n) is 3.61. The molecule has 0 saturated carbocycles. The number of hydrogen-bond acceptors (Lipinski definition) is 1. The second-order valence-corrected chi connectivity index (χ2v) is 2.87. The molecule has 0 amide bonds. The lowest BCUT2D eigenvalue weighted by Gasteiger charge is -2.14. The maximum absolute atomic E-state index is 12.3. The Kier molecular flexibility index (Phi) is 3.37. The van der Waals surface area contributed by atoms with Crippen molar-refractivity contribution in [3.05, 3.63) is 35.9 Å². The van der Waals surface area contributed by atoms with E-state index in [4.69, 9.17) is 4.43 Å². The number of halogens is 2. The summed E-state index contributed by atoms with van der Waals surface area (Å²) in [6.07, 6.45) is -3.48. The van der Waals surface area contributed by atoms with Gasteiger partial charge in [0.2, 0.25) is 0 Å². The number of alkyl halides is 2. The molecule has 0 heterocycles. The first kappa shape index (κ1) is 9.35. The van der Waals surface area contributed by atoms with Crippen LogP contribution >= 0.6 is 0 Å². The van der Waals surface area contributed by atoms with E-state index >= 15 is 0 Å². The molecule has 0 aliphatic rings. The molecule has 0 N–H and O–H groups in total. The van der Waals surface area contributed by atoms with E-state index in [1.807, 2.05) is 0 Å². The fourth-order valence-corrected chi connectivity index (χ4v) is 1.51. The van der Waals surface area contributed by atoms with Crippen LogP contribution in [0.25, 0.3) is 0 Å². The molecular weight excluding hydrogens is 178 g/mol. The molecular formula is C8H10F2OSi. The molecule has 1 aromatic carbocycles. The Balaban J connectivity index is 2.80. The predicted octanol–water partition coefficient (Wildman–Crippen LogP) is 1.29. The smallest absolute Gasteiger partial charge is 0.267 e. The van der Waals surface area contributed by atoms with Gasteiger partial charge in [-0.25, -0.2) is 8.78 Å². The Hall–Kier alpha value is -0.743. The highest BCUT2D eigenvalue weighted by Gasteiger charge is 2.20. The highest BCUT2D eigenvalue weighted by Crippen LogP contribution is 2.22. The molecule has 12 heavy (non-hydrogen) atoms. The molecule has 0 aliphatic heterocycles. The van der Waals surface area contributed by atoms with Crippen LogP contribution in [0.1, 0.15) is 11.7 Å². The fraction of sp³-hybridized carbons (Fsp3) is 0.250. The van der Waals surface area contributed by atoms with E-state index in [0.29, 0.717) is 16.0 Å². The first-order chi connectivity index (χ1) is 5.75. The summed E-state index contributed by atoms with van der Waals surface area (Å²) in [5.41, 5.74) is 0.544. The Morgan fingerprint density at radius 1 is 1.17 bits per heavy atom. The monoisotopic (exact) mass is 188 g/mol. The molecule has 0 fully saturated rings. The molecule has 0 saturated heterocycles. The van der Waals surface area contributed by atoms with Gasteiger partial charge < -0.3 is 4.43 Å². The minimum Gasteiger partial charge on any atom is -0.416 e. The molecule has 1 aromatic rings. The number of benzene rings is 1. The van der Waals surface area contributed by atoms with Gasteiger partial charge in [0, 0.05) is 0 Å². The summed E-state index contributed by atoms with van der Waals surface area (Å²) < 4.78 is 29.4. The van der Waals surface area contributed by atoms with Gasteiger partial charge in [-0.15, -0.1) is 0 Å². The van der Waals surface area contributed by atoms with Crippen LogP contribution in [0.5, 0.6) is 0 Å². The van der Waals surface area contributed by atoms with Gasteiger partial charge in [-0.2, -0.15) is 0 Å². The normalized spacial score (nSPS) is 13.6. The molecule has 1 atom stereocenters. The minimum absolute atomic E-state index is 0.325. The Morgan fingerprint density at radius 3 is 2.17 bits per heavy atom. The maximum atomic E-state index is 12.3. The van der Waals surface area contributed by atoms with Gasteiger partial charge >= 0.3 is 0 Å². The summed E-state index contributed by atoms with van der Waals surface area (Å²) in [6.45, 7) is 0. The van der Waals surface area contributed by atoms with Crippen LogP contribution in [-0.2, 0) is 4.43 Å². The molecule has 1 unspecified atom stereocenters. The van der Waals surface area contributed by atoms with Crippen LogP contribution < -0.4 is 0 Å². The third-order valence-electron chi connectivity index (χ3n) is 1.61. The summed E-state index contributed by atoms with van der Waals surface area (Å²) in [6, 6.07) is 8.54. The summed E-state index contributed by atoms with van der Waals surface area (Å²) >= 11 is 0. The van der Waals surface area contributed by atoms with Crippen LogP contribution in [0.4, 0.5) is 8.78 Å². The van der Waals surface area contributed by atoms with Crippen molar-refractivity contribution in [1.82, 2.24) is 0 Å². The highest BCUT2D eigenvalue weighted by molar-refractivity contribution is 5.98. The van der Waals surface area contributed by atoms with Crippen molar-refractivity contribution in [1.29, 1.82) is 0 Å². The second kappa shape index (κ2) is 4.32. The van der Waals surface area contributed by atoms with Crippen LogP contribution in [-0.4, -0.2) is 16.9 Å². The molecule has 0 aliphatic carbocycles. The van der Waals surface area contributed by atoms with E-state index in [1.54, 1.807) is 30.3 Å². The third kappa shape index (κ3) is 2.12. The van der Waals surface area contributed by atoms with Gasteiger partial charge in [-0.05, 0) is 5.56 Å². The van der Waals surface area contributed by atoms with Gasteiger partial charge in [0.25, 0.3) is 6.43 Å². The molecule has 0 radical (unpaired) electrons. The van der Waals surface area contributed by atoms with Crippen molar-refractivity contribution < 1.29 is 13.2 Å². The van der Waals surface area contributed by atoms with E-state index in [2.05, 4.69) is 0 Å².